The van der Waals surface area contributed by atoms with Crippen LogP contribution in [-0.2, 0) is 28.6 Å². The van der Waals surface area contributed by atoms with Crippen molar-refractivity contribution in [2.45, 2.75) is 18.6 Å². The number of fused-ring (bicyclic) bond motifs is 3. The van der Waals surface area contributed by atoms with Crippen LogP contribution in [0.5, 0.6) is 0 Å². The minimum atomic E-state index is -0.789. The molecule has 3 fully saturated rings. The molecule has 0 unspecified atom stereocenters. The smallest absolute Gasteiger partial charge is 0.336 e. The van der Waals surface area contributed by atoms with E-state index in [0.717, 1.165) is 0 Å². The third-order valence-electron chi connectivity index (χ3n) is 5.45. The van der Waals surface area contributed by atoms with E-state index in [-0.39, 0.29) is 29.7 Å². The zero-order valence-electron chi connectivity index (χ0n) is 14.2. The molecule has 7 nitrogen and oxygen atoms in total. The van der Waals surface area contributed by atoms with Gasteiger partial charge in [-0.1, -0.05) is 25.8 Å². The molecule has 2 saturated heterocycles. The molecule has 7 heteroatoms. The summed E-state index contributed by atoms with van der Waals surface area (Å²) >= 11 is 0. The Labute approximate surface area is 150 Å². The van der Waals surface area contributed by atoms with Gasteiger partial charge in [0.15, 0.2) is 0 Å². The number of aliphatic hydroxyl groups excluding tert-OH is 1. The molecule has 0 aromatic carbocycles. The molecule has 0 amide bonds. The number of rotatable bonds is 4. The second-order valence-electron chi connectivity index (χ2n) is 6.85. The third kappa shape index (κ3) is 2.50. The third-order valence-corrected chi connectivity index (χ3v) is 5.45. The summed E-state index contributed by atoms with van der Waals surface area (Å²) in [7, 11) is 0. The van der Waals surface area contributed by atoms with Crippen molar-refractivity contribution in [3.05, 3.63) is 49.1 Å². The highest BCUT2D eigenvalue weighted by molar-refractivity contribution is 5.93. The van der Waals surface area contributed by atoms with Crippen molar-refractivity contribution in [2.24, 2.45) is 17.3 Å². The number of hydrogen-bond acceptors (Lipinski definition) is 7. The number of carbonyl (C=O) groups is 3. The summed E-state index contributed by atoms with van der Waals surface area (Å²) in [5.41, 5.74) is -0.528. The maximum Gasteiger partial charge on any atom is 0.336 e. The van der Waals surface area contributed by atoms with Gasteiger partial charge in [0.25, 0.3) is 0 Å². The lowest BCUT2D eigenvalue weighted by atomic mass is 9.57. The average Bonchev–Trinajstić information content (AvgIpc) is 2.92. The van der Waals surface area contributed by atoms with Gasteiger partial charge < -0.3 is 19.3 Å². The first kappa shape index (κ1) is 18.1. The molecule has 0 aromatic heterocycles. The highest BCUT2D eigenvalue weighted by atomic mass is 16.6. The Morgan fingerprint density at radius 3 is 2.62 bits per heavy atom. The van der Waals surface area contributed by atoms with Gasteiger partial charge in [0.2, 0.25) is 0 Å². The van der Waals surface area contributed by atoms with Gasteiger partial charge >= 0.3 is 17.9 Å². The van der Waals surface area contributed by atoms with Gasteiger partial charge in [-0.3, -0.25) is 0 Å². The van der Waals surface area contributed by atoms with E-state index in [1.807, 2.05) is 0 Å². The lowest BCUT2D eigenvalue weighted by Gasteiger charge is -2.51. The fourth-order valence-electron chi connectivity index (χ4n) is 4.06. The number of cyclic esters (lactones) is 1. The van der Waals surface area contributed by atoms with Gasteiger partial charge in [-0.2, -0.15) is 0 Å². The maximum atomic E-state index is 12.1. The van der Waals surface area contributed by atoms with Gasteiger partial charge in [0.05, 0.1) is 18.1 Å². The van der Waals surface area contributed by atoms with E-state index >= 15 is 0 Å². The molecule has 5 atom stereocenters. The van der Waals surface area contributed by atoms with Crippen molar-refractivity contribution >= 4 is 17.9 Å². The predicted octanol–water partition coefficient (Wildman–Crippen LogP) is 0.850. The minimum Gasteiger partial charge on any atom is -0.461 e. The maximum absolute atomic E-state index is 12.1. The summed E-state index contributed by atoms with van der Waals surface area (Å²) in [6.07, 6.45) is 0.340. The molecule has 0 spiro atoms. The lowest BCUT2D eigenvalue weighted by Crippen LogP contribution is -2.57. The molecule has 0 radical (unpaired) electrons. The second kappa shape index (κ2) is 6.25. The molecule has 3 aliphatic rings. The van der Waals surface area contributed by atoms with E-state index in [1.54, 1.807) is 6.08 Å². The van der Waals surface area contributed by atoms with E-state index in [2.05, 4.69) is 26.3 Å². The van der Waals surface area contributed by atoms with Crippen LogP contribution >= 0.6 is 0 Å². The molecule has 3 rings (SSSR count). The quantitative estimate of drug-likeness (QED) is 0.343. The summed E-state index contributed by atoms with van der Waals surface area (Å²) in [6.45, 7) is 14.3. The van der Waals surface area contributed by atoms with Gasteiger partial charge in [0.1, 0.15) is 18.8 Å². The summed E-state index contributed by atoms with van der Waals surface area (Å²) in [5, 5.41) is 9.08. The molecular weight excluding hydrogens is 340 g/mol. The number of aliphatic hydroxyl groups is 1. The first-order chi connectivity index (χ1) is 12.3. The zero-order valence-corrected chi connectivity index (χ0v) is 14.2. The van der Waals surface area contributed by atoms with Crippen molar-refractivity contribution in [2.75, 3.05) is 13.2 Å². The van der Waals surface area contributed by atoms with Crippen molar-refractivity contribution < 1.29 is 33.7 Å². The molecule has 1 aliphatic carbocycles. The Morgan fingerprint density at radius 2 is 2.00 bits per heavy atom. The Hall–Kier alpha value is -2.67. The first-order valence-corrected chi connectivity index (χ1v) is 8.14. The van der Waals surface area contributed by atoms with Crippen LogP contribution in [0.3, 0.4) is 0 Å². The molecular formula is C19H20O7. The molecule has 26 heavy (non-hydrogen) atoms. The van der Waals surface area contributed by atoms with Crippen LogP contribution in [0, 0.1) is 17.3 Å². The van der Waals surface area contributed by atoms with Crippen LogP contribution in [0.15, 0.2) is 49.1 Å². The number of carbonyl (C=O) groups excluding carboxylic acids is 3. The van der Waals surface area contributed by atoms with Gasteiger partial charge in [-0.15, -0.1) is 6.58 Å². The van der Waals surface area contributed by atoms with Gasteiger partial charge in [-0.05, 0) is 6.42 Å². The van der Waals surface area contributed by atoms with Crippen LogP contribution in [-0.4, -0.2) is 48.4 Å². The number of ether oxygens (including phenoxy) is 3. The first-order valence-electron chi connectivity index (χ1n) is 8.14. The Kier molecular flexibility index (Phi) is 4.36. The Bertz CT molecular complexity index is 749. The number of esters is 3. The standard InChI is InChI=1S/C19H20O7/c1-5-19-6-12(25-16(21)9(2)7-20)13-10(3)18(23)26-15(13)14(19)11(4)17(22)24-8-19/h5,12-15,20H,1-4,6-8H2/t12-,13+,14+,15-,19+/m1/s1. The normalized spacial score (nSPS) is 35.7. The second-order valence-corrected chi connectivity index (χ2v) is 6.85. The van der Waals surface area contributed by atoms with E-state index in [0.29, 0.717) is 0 Å². The highest BCUT2D eigenvalue weighted by Crippen LogP contribution is 2.55. The van der Waals surface area contributed by atoms with Gasteiger partial charge in [-0.25, -0.2) is 14.4 Å². The van der Waals surface area contributed by atoms with E-state index in [4.69, 9.17) is 19.3 Å². The molecule has 1 saturated carbocycles. The van der Waals surface area contributed by atoms with Crippen molar-refractivity contribution in [1.29, 1.82) is 0 Å². The molecule has 0 bridgehead atoms. The molecule has 1 N–H and O–H groups in total. The summed E-state index contributed by atoms with van der Waals surface area (Å²) in [4.78, 5) is 36.3. The number of hydrogen-bond donors (Lipinski definition) is 1. The zero-order chi connectivity index (χ0) is 19.2. The average molecular weight is 360 g/mol. The highest BCUT2D eigenvalue weighted by Gasteiger charge is 2.62. The van der Waals surface area contributed by atoms with E-state index in [9.17, 15) is 14.4 Å². The molecule has 2 heterocycles. The Morgan fingerprint density at radius 1 is 1.31 bits per heavy atom. The topological polar surface area (TPSA) is 99.1 Å². The predicted molar refractivity (Wildman–Crippen MR) is 89.5 cm³/mol. The van der Waals surface area contributed by atoms with E-state index < -0.39 is 54.0 Å². The summed E-state index contributed by atoms with van der Waals surface area (Å²) in [6, 6.07) is 0. The molecule has 0 aromatic rings. The van der Waals surface area contributed by atoms with Crippen LogP contribution in [0.2, 0.25) is 0 Å². The van der Waals surface area contributed by atoms with Crippen molar-refractivity contribution in [3.8, 4) is 0 Å². The van der Waals surface area contributed by atoms with Crippen LogP contribution in [0.1, 0.15) is 6.42 Å². The molecule has 138 valence electrons. The fourth-order valence-corrected chi connectivity index (χ4v) is 4.06. The monoisotopic (exact) mass is 360 g/mol. The summed E-state index contributed by atoms with van der Waals surface area (Å²) < 4.78 is 16.2. The van der Waals surface area contributed by atoms with Crippen LogP contribution in [0.4, 0.5) is 0 Å². The Balaban J connectivity index is 2.02. The SMILES string of the molecule is C=C[C@]12COC(=O)C(=C)[C@H]1[C@@H]1OC(=O)C(=C)[C@H]1[C@H](OC(=O)C(=C)CO)C2. The lowest BCUT2D eigenvalue weighted by molar-refractivity contribution is -0.176. The van der Waals surface area contributed by atoms with Crippen LogP contribution < -0.4 is 0 Å². The summed E-state index contributed by atoms with van der Waals surface area (Å²) in [5.74, 6) is -3.09. The molecule has 2 aliphatic heterocycles. The minimum absolute atomic E-state index is 0.0151. The largest absolute Gasteiger partial charge is 0.461 e. The van der Waals surface area contributed by atoms with E-state index in [1.165, 1.54) is 0 Å². The van der Waals surface area contributed by atoms with Gasteiger partial charge in [0, 0.05) is 22.5 Å². The van der Waals surface area contributed by atoms with Crippen molar-refractivity contribution in [3.63, 3.8) is 0 Å². The fraction of sp³-hybridized carbons (Fsp3) is 0.421. The van der Waals surface area contributed by atoms with Crippen LogP contribution in [0.25, 0.3) is 0 Å². The van der Waals surface area contributed by atoms with Crippen molar-refractivity contribution in [1.82, 2.24) is 0 Å².